The molecule has 5 nitrogen and oxygen atoms in total. The molecule has 1 N–H and O–H groups in total. The largest absolute Gasteiger partial charge is 0.382 e. The first-order valence-corrected chi connectivity index (χ1v) is 6.78. The lowest BCUT2D eigenvalue weighted by atomic mass is 10.3. The molecule has 0 amide bonds. The second-order valence-electron chi connectivity index (χ2n) is 4.35. The number of halogens is 1. The molecule has 0 saturated carbocycles. The van der Waals surface area contributed by atoms with E-state index in [0.29, 0.717) is 18.3 Å². The highest BCUT2D eigenvalue weighted by atomic mass is 35.5. The summed E-state index contributed by atoms with van der Waals surface area (Å²) in [4.78, 5) is 8.75. The highest BCUT2D eigenvalue weighted by Gasteiger charge is 2.12. The first kappa shape index (κ1) is 16.1. The van der Waals surface area contributed by atoms with Crippen molar-refractivity contribution in [3.63, 3.8) is 0 Å². The zero-order chi connectivity index (χ0) is 14.3. The van der Waals surface area contributed by atoms with Crippen LogP contribution >= 0.6 is 11.6 Å². The molecule has 0 bridgehead atoms. The number of aryl methyl sites for hydroxylation is 1. The number of methoxy groups -OCH3 is 2. The van der Waals surface area contributed by atoms with E-state index in [1.54, 1.807) is 14.2 Å². The summed E-state index contributed by atoms with van der Waals surface area (Å²) >= 11 is 6.12. The fraction of sp³-hybridized carbons (Fsp3) is 0.692. The highest BCUT2D eigenvalue weighted by Crippen LogP contribution is 2.20. The maximum atomic E-state index is 6.12. The van der Waals surface area contributed by atoms with Crippen molar-refractivity contribution in [2.75, 3.05) is 32.7 Å². The minimum atomic E-state index is -0.0206. The van der Waals surface area contributed by atoms with Crippen LogP contribution in [-0.4, -0.2) is 43.4 Å². The Morgan fingerprint density at radius 1 is 1.32 bits per heavy atom. The van der Waals surface area contributed by atoms with Crippen molar-refractivity contribution in [2.45, 2.75) is 32.8 Å². The molecule has 0 aromatic carbocycles. The van der Waals surface area contributed by atoms with E-state index in [0.717, 1.165) is 30.0 Å². The van der Waals surface area contributed by atoms with Crippen LogP contribution in [0.25, 0.3) is 0 Å². The number of hydrogen-bond donors (Lipinski definition) is 1. The lowest BCUT2D eigenvalue weighted by Crippen LogP contribution is -2.27. The smallest absolute Gasteiger partial charge is 0.137 e. The number of rotatable bonds is 8. The number of hydrogen-bond acceptors (Lipinski definition) is 5. The van der Waals surface area contributed by atoms with Crippen LogP contribution in [0, 0.1) is 6.92 Å². The zero-order valence-corrected chi connectivity index (χ0v) is 12.8. The second-order valence-corrected chi connectivity index (χ2v) is 4.71. The zero-order valence-electron chi connectivity index (χ0n) is 12.0. The van der Waals surface area contributed by atoms with Gasteiger partial charge in [0.1, 0.15) is 16.8 Å². The Morgan fingerprint density at radius 2 is 2.05 bits per heavy atom. The van der Waals surface area contributed by atoms with Gasteiger partial charge in [0.25, 0.3) is 0 Å². The van der Waals surface area contributed by atoms with Crippen molar-refractivity contribution >= 4 is 17.4 Å². The Bertz CT molecular complexity index is 402. The van der Waals surface area contributed by atoms with Crippen LogP contribution in [0.1, 0.15) is 24.7 Å². The van der Waals surface area contributed by atoms with E-state index < -0.39 is 0 Å². The predicted molar refractivity (Wildman–Crippen MR) is 76.9 cm³/mol. The van der Waals surface area contributed by atoms with Crippen LogP contribution in [0.15, 0.2) is 0 Å². The third kappa shape index (κ3) is 4.93. The summed E-state index contributed by atoms with van der Waals surface area (Å²) in [7, 11) is 3.31. The predicted octanol–water partition coefficient (Wildman–Crippen LogP) is 2.46. The molecule has 1 rings (SSSR count). The first-order chi connectivity index (χ1) is 9.12. The van der Waals surface area contributed by atoms with Crippen LogP contribution in [0.4, 0.5) is 5.82 Å². The third-order valence-corrected chi connectivity index (χ3v) is 3.16. The average molecular weight is 288 g/mol. The topological polar surface area (TPSA) is 56.3 Å². The molecule has 108 valence electrons. The summed E-state index contributed by atoms with van der Waals surface area (Å²) in [6.07, 6.45) is 1.79. The van der Waals surface area contributed by atoms with E-state index >= 15 is 0 Å². The first-order valence-electron chi connectivity index (χ1n) is 6.40. The number of anilines is 1. The molecule has 1 unspecified atom stereocenters. The molecule has 0 aliphatic rings. The fourth-order valence-corrected chi connectivity index (χ4v) is 1.83. The van der Waals surface area contributed by atoms with E-state index in [1.165, 1.54) is 0 Å². The summed E-state index contributed by atoms with van der Waals surface area (Å²) in [6, 6.07) is 0. The van der Waals surface area contributed by atoms with Crippen molar-refractivity contribution < 1.29 is 9.47 Å². The van der Waals surface area contributed by atoms with Gasteiger partial charge >= 0.3 is 0 Å². The molecule has 1 aromatic rings. The lowest BCUT2D eigenvalue weighted by Gasteiger charge is -2.17. The second kappa shape index (κ2) is 8.30. The number of aromatic nitrogens is 2. The molecule has 0 aliphatic heterocycles. The van der Waals surface area contributed by atoms with Gasteiger partial charge in [0.15, 0.2) is 0 Å². The van der Waals surface area contributed by atoms with Gasteiger partial charge in [-0.3, -0.25) is 0 Å². The van der Waals surface area contributed by atoms with E-state index in [1.807, 2.05) is 6.92 Å². The van der Waals surface area contributed by atoms with Gasteiger partial charge in [-0.15, -0.1) is 0 Å². The summed E-state index contributed by atoms with van der Waals surface area (Å²) in [5.41, 5.74) is 0.855. The van der Waals surface area contributed by atoms with Gasteiger partial charge in [-0.05, 0) is 13.3 Å². The SMILES string of the molecule is CCCc1nc(Cl)c(C)c(NCC(COC)OC)n1. The van der Waals surface area contributed by atoms with E-state index in [-0.39, 0.29) is 6.10 Å². The molecule has 19 heavy (non-hydrogen) atoms. The summed E-state index contributed by atoms with van der Waals surface area (Å²) in [5.74, 6) is 1.53. The molecule has 0 aliphatic carbocycles. The van der Waals surface area contributed by atoms with Crippen LogP contribution in [0.3, 0.4) is 0 Å². The number of nitrogens with one attached hydrogen (secondary N) is 1. The Labute approximate surface area is 119 Å². The van der Waals surface area contributed by atoms with Crippen LogP contribution in [-0.2, 0) is 15.9 Å². The average Bonchev–Trinajstić information content (AvgIpc) is 2.39. The monoisotopic (exact) mass is 287 g/mol. The van der Waals surface area contributed by atoms with E-state index in [9.17, 15) is 0 Å². The maximum Gasteiger partial charge on any atom is 0.137 e. The molecule has 6 heteroatoms. The van der Waals surface area contributed by atoms with Gasteiger partial charge in [-0.1, -0.05) is 18.5 Å². The number of nitrogens with zero attached hydrogens (tertiary/aromatic N) is 2. The van der Waals surface area contributed by atoms with E-state index in [4.69, 9.17) is 21.1 Å². The molecule has 0 radical (unpaired) electrons. The quantitative estimate of drug-likeness (QED) is 0.745. The molecular formula is C13H22ClN3O2. The lowest BCUT2D eigenvalue weighted by molar-refractivity contribution is 0.0365. The van der Waals surface area contributed by atoms with Crippen molar-refractivity contribution in [1.82, 2.24) is 9.97 Å². The van der Waals surface area contributed by atoms with Gasteiger partial charge in [0.2, 0.25) is 0 Å². The Hall–Kier alpha value is -0.910. The Balaban J connectivity index is 2.75. The van der Waals surface area contributed by atoms with Crippen molar-refractivity contribution in [3.8, 4) is 0 Å². The van der Waals surface area contributed by atoms with E-state index in [2.05, 4.69) is 22.2 Å². The molecule has 0 fully saturated rings. The summed E-state index contributed by atoms with van der Waals surface area (Å²) in [5, 5.41) is 3.75. The summed E-state index contributed by atoms with van der Waals surface area (Å²) < 4.78 is 10.4. The fourth-order valence-electron chi connectivity index (χ4n) is 1.65. The Morgan fingerprint density at radius 3 is 2.63 bits per heavy atom. The molecule has 1 heterocycles. The van der Waals surface area contributed by atoms with Gasteiger partial charge in [0, 0.05) is 32.7 Å². The van der Waals surface area contributed by atoms with Crippen molar-refractivity contribution in [3.05, 3.63) is 16.5 Å². The van der Waals surface area contributed by atoms with Crippen LogP contribution in [0.2, 0.25) is 5.15 Å². The highest BCUT2D eigenvalue weighted by molar-refractivity contribution is 6.30. The molecule has 0 spiro atoms. The van der Waals surface area contributed by atoms with Gasteiger partial charge in [-0.25, -0.2) is 9.97 Å². The van der Waals surface area contributed by atoms with Gasteiger partial charge in [-0.2, -0.15) is 0 Å². The molecule has 1 atom stereocenters. The maximum absolute atomic E-state index is 6.12. The minimum absolute atomic E-state index is 0.0206. The molecule has 1 aromatic heterocycles. The van der Waals surface area contributed by atoms with Crippen LogP contribution < -0.4 is 5.32 Å². The standard InChI is InChI=1S/C13H22ClN3O2/c1-5-6-11-16-12(14)9(2)13(17-11)15-7-10(19-4)8-18-3/h10H,5-8H2,1-4H3,(H,15,16,17). The van der Waals surface area contributed by atoms with Gasteiger partial charge in [0.05, 0.1) is 12.7 Å². The summed E-state index contributed by atoms with van der Waals surface area (Å²) in [6.45, 7) is 5.13. The normalized spacial score (nSPS) is 12.5. The third-order valence-electron chi connectivity index (χ3n) is 2.79. The van der Waals surface area contributed by atoms with Gasteiger partial charge < -0.3 is 14.8 Å². The number of ether oxygens (including phenoxy) is 2. The minimum Gasteiger partial charge on any atom is -0.382 e. The van der Waals surface area contributed by atoms with Crippen molar-refractivity contribution in [2.24, 2.45) is 0 Å². The Kier molecular flexibility index (Phi) is 7.05. The molecular weight excluding hydrogens is 266 g/mol. The molecule has 0 saturated heterocycles. The van der Waals surface area contributed by atoms with Crippen molar-refractivity contribution in [1.29, 1.82) is 0 Å². The van der Waals surface area contributed by atoms with Crippen LogP contribution in [0.5, 0.6) is 0 Å².